The van der Waals surface area contributed by atoms with Crippen molar-refractivity contribution < 1.29 is 9.59 Å². The maximum atomic E-state index is 12.7. The molecule has 0 radical (unpaired) electrons. The fourth-order valence-corrected chi connectivity index (χ4v) is 4.04. The Bertz CT molecular complexity index is 1040. The average Bonchev–Trinajstić information content (AvgIpc) is 3.52. The number of Topliss-reactive ketones (excluding diaryl/α,β-unsaturated/α-hetero) is 1. The van der Waals surface area contributed by atoms with Gasteiger partial charge in [-0.15, -0.1) is 10.2 Å². The van der Waals surface area contributed by atoms with E-state index in [-0.39, 0.29) is 16.9 Å². The van der Waals surface area contributed by atoms with Crippen molar-refractivity contribution in [3.05, 3.63) is 71.5 Å². The molecule has 4 rings (SSSR count). The molecule has 6 nitrogen and oxygen atoms in total. The predicted octanol–water partition coefficient (Wildman–Crippen LogP) is 4.53. The van der Waals surface area contributed by atoms with Crippen LogP contribution in [0.1, 0.15) is 54.4 Å². The SMILES string of the molecule is CC(=O)c1ccc(NC(=O)[C@@H](C)Sc2nnc(C3CC3)n2Cc2ccccc2)cc1. The van der Waals surface area contributed by atoms with Crippen LogP contribution < -0.4 is 5.32 Å². The molecule has 0 saturated heterocycles. The number of hydrogen-bond acceptors (Lipinski definition) is 5. The van der Waals surface area contributed by atoms with Gasteiger partial charge in [-0.25, -0.2) is 0 Å². The average molecular weight is 421 g/mol. The van der Waals surface area contributed by atoms with Gasteiger partial charge in [0.25, 0.3) is 0 Å². The Hall–Kier alpha value is -2.93. The third-order valence-corrected chi connectivity index (χ3v) is 6.16. The number of rotatable bonds is 8. The summed E-state index contributed by atoms with van der Waals surface area (Å²) >= 11 is 1.41. The molecule has 30 heavy (non-hydrogen) atoms. The number of anilines is 1. The van der Waals surface area contributed by atoms with E-state index < -0.39 is 0 Å². The Kier molecular flexibility index (Phi) is 5.99. The smallest absolute Gasteiger partial charge is 0.237 e. The Morgan fingerprint density at radius 3 is 2.43 bits per heavy atom. The predicted molar refractivity (Wildman–Crippen MR) is 118 cm³/mol. The Balaban J connectivity index is 1.46. The van der Waals surface area contributed by atoms with E-state index in [1.807, 2.05) is 25.1 Å². The van der Waals surface area contributed by atoms with Gasteiger partial charge < -0.3 is 9.88 Å². The van der Waals surface area contributed by atoms with Crippen LogP contribution in [0.3, 0.4) is 0 Å². The van der Waals surface area contributed by atoms with Crippen LogP contribution in [0.5, 0.6) is 0 Å². The van der Waals surface area contributed by atoms with Gasteiger partial charge in [0.2, 0.25) is 5.91 Å². The van der Waals surface area contributed by atoms with Gasteiger partial charge in [0.1, 0.15) is 5.82 Å². The third kappa shape index (κ3) is 4.79. The molecule has 1 saturated carbocycles. The number of carbonyl (C=O) groups excluding carboxylic acids is 2. The zero-order valence-corrected chi connectivity index (χ0v) is 17.9. The number of amides is 1. The van der Waals surface area contributed by atoms with Gasteiger partial charge in [-0.1, -0.05) is 42.1 Å². The summed E-state index contributed by atoms with van der Waals surface area (Å²) in [6.07, 6.45) is 2.29. The summed E-state index contributed by atoms with van der Waals surface area (Å²) in [6, 6.07) is 17.2. The first kappa shape index (κ1) is 20.3. The van der Waals surface area contributed by atoms with Crippen molar-refractivity contribution in [1.82, 2.24) is 14.8 Å². The highest BCUT2D eigenvalue weighted by Crippen LogP contribution is 2.40. The summed E-state index contributed by atoms with van der Waals surface area (Å²) in [5.41, 5.74) is 2.47. The monoisotopic (exact) mass is 420 g/mol. The molecule has 1 atom stereocenters. The highest BCUT2D eigenvalue weighted by atomic mass is 32.2. The summed E-state index contributed by atoms with van der Waals surface area (Å²) in [6.45, 7) is 4.08. The topological polar surface area (TPSA) is 76.9 Å². The van der Waals surface area contributed by atoms with Crippen molar-refractivity contribution in [3.8, 4) is 0 Å². The first-order chi connectivity index (χ1) is 14.5. The molecule has 1 heterocycles. The van der Waals surface area contributed by atoms with Crippen molar-refractivity contribution in [2.45, 2.75) is 49.6 Å². The molecule has 0 bridgehead atoms. The molecule has 1 aromatic heterocycles. The van der Waals surface area contributed by atoms with E-state index in [1.165, 1.54) is 24.2 Å². The first-order valence-electron chi connectivity index (χ1n) is 10.1. The second kappa shape index (κ2) is 8.83. The van der Waals surface area contributed by atoms with Gasteiger partial charge in [0.05, 0.1) is 11.8 Å². The second-order valence-electron chi connectivity index (χ2n) is 7.57. The number of ketones is 1. The minimum Gasteiger partial charge on any atom is -0.325 e. The van der Waals surface area contributed by atoms with Gasteiger partial charge in [-0.05, 0) is 56.5 Å². The molecule has 154 valence electrons. The fraction of sp³-hybridized carbons (Fsp3) is 0.304. The first-order valence-corrected chi connectivity index (χ1v) is 10.9. The zero-order valence-electron chi connectivity index (χ0n) is 17.0. The highest BCUT2D eigenvalue weighted by Gasteiger charge is 2.31. The number of nitrogens with one attached hydrogen (secondary N) is 1. The van der Waals surface area contributed by atoms with Crippen LogP contribution >= 0.6 is 11.8 Å². The summed E-state index contributed by atoms with van der Waals surface area (Å²) in [5, 5.41) is 12.1. The van der Waals surface area contributed by atoms with Crippen molar-refractivity contribution in [2.24, 2.45) is 0 Å². The van der Waals surface area contributed by atoms with Crippen LogP contribution in [0.15, 0.2) is 59.8 Å². The lowest BCUT2D eigenvalue weighted by Gasteiger charge is -2.14. The van der Waals surface area contributed by atoms with E-state index in [1.54, 1.807) is 24.3 Å². The molecule has 0 spiro atoms. The summed E-state index contributed by atoms with van der Waals surface area (Å²) in [4.78, 5) is 24.1. The zero-order chi connectivity index (χ0) is 21.1. The molecule has 1 aliphatic carbocycles. The molecule has 1 aliphatic rings. The largest absolute Gasteiger partial charge is 0.325 e. The minimum absolute atomic E-state index is 0.000944. The number of benzene rings is 2. The quantitative estimate of drug-likeness (QED) is 0.428. The lowest BCUT2D eigenvalue weighted by Crippen LogP contribution is -2.23. The van der Waals surface area contributed by atoms with Gasteiger partial charge in [-0.3, -0.25) is 9.59 Å². The molecule has 0 unspecified atom stereocenters. The Morgan fingerprint density at radius 2 is 1.80 bits per heavy atom. The van der Waals surface area contributed by atoms with E-state index in [4.69, 9.17) is 0 Å². The lowest BCUT2D eigenvalue weighted by atomic mass is 10.1. The Morgan fingerprint density at radius 1 is 1.10 bits per heavy atom. The van der Waals surface area contributed by atoms with Crippen LogP contribution in [0.25, 0.3) is 0 Å². The van der Waals surface area contributed by atoms with Gasteiger partial charge >= 0.3 is 0 Å². The molecule has 1 N–H and O–H groups in total. The van der Waals surface area contributed by atoms with E-state index in [9.17, 15) is 9.59 Å². The molecule has 3 aromatic rings. The van der Waals surface area contributed by atoms with Crippen LogP contribution in [0, 0.1) is 0 Å². The second-order valence-corrected chi connectivity index (χ2v) is 8.88. The lowest BCUT2D eigenvalue weighted by molar-refractivity contribution is -0.115. The van der Waals surface area contributed by atoms with Crippen LogP contribution in [0.2, 0.25) is 0 Å². The number of aromatic nitrogens is 3. The Labute approximate surface area is 180 Å². The number of hydrogen-bond donors (Lipinski definition) is 1. The van der Waals surface area contributed by atoms with Crippen molar-refractivity contribution in [3.63, 3.8) is 0 Å². The summed E-state index contributed by atoms with van der Waals surface area (Å²) in [7, 11) is 0. The van der Waals surface area contributed by atoms with Crippen LogP contribution in [-0.2, 0) is 11.3 Å². The molecule has 1 fully saturated rings. The molecular formula is C23H24N4O2S. The van der Waals surface area contributed by atoms with E-state index in [0.29, 0.717) is 23.7 Å². The molecule has 0 aliphatic heterocycles. The third-order valence-electron chi connectivity index (χ3n) is 5.08. The van der Waals surface area contributed by atoms with Crippen molar-refractivity contribution in [2.75, 3.05) is 5.32 Å². The van der Waals surface area contributed by atoms with Crippen LogP contribution in [-0.4, -0.2) is 31.7 Å². The molecule has 1 amide bonds. The van der Waals surface area contributed by atoms with Crippen LogP contribution in [0.4, 0.5) is 5.69 Å². The van der Waals surface area contributed by atoms with Crippen molar-refractivity contribution in [1.29, 1.82) is 0 Å². The molecular weight excluding hydrogens is 396 g/mol. The van der Waals surface area contributed by atoms with Gasteiger partial charge in [0.15, 0.2) is 10.9 Å². The summed E-state index contributed by atoms with van der Waals surface area (Å²) < 4.78 is 2.14. The van der Waals surface area contributed by atoms with Gasteiger partial charge in [0, 0.05) is 17.2 Å². The normalized spacial score (nSPS) is 14.3. The minimum atomic E-state index is -0.344. The van der Waals surface area contributed by atoms with E-state index in [0.717, 1.165) is 23.8 Å². The molecule has 2 aromatic carbocycles. The highest BCUT2D eigenvalue weighted by molar-refractivity contribution is 8.00. The maximum absolute atomic E-state index is 12.7. The number of nitrogens with zero attached hydrogens (tertiary/aromatic N) is 3. The van der Waals surface area contributed by atoms with Crippen molar-refractivity contribution >= 4 is 29.1 Å². The maximum Gasteiger partial charge on any atom is 0.237 e. The van der Waals surface area contributed by atoms with E-state index >= 15 is 0 Å². The summed E-state index contributed by atoms with van der Waals surface area (Å²) in [5.74, 6) is 1.37. The van der Waals surface area contributed by atoms with Gasteiger partial charge in [-0.2, -0.15) is 0 Å². The molecule has 7 heteroatoms. The van der Waals surface area contributed by atoms with E-state index in [2.05, 4.69) is 32.2 Å². The fourth-order valence-electron chi connectivity index (χ4n) is 3.19. The standard InChI is InChI=1S/C23H24N4O2S/c1-15(28)18-10-12-20(13-11-18)24-22(29)16(2)30-23-26-25-21(19-8-9-19)27(23)14-17-6-4-3-5-7-17/h3-7,10-13,16,19H,8-9,14H2,1-2H3,(H,24,29)/t16-/m1/s1. The number of carbonyl (C=O) groups is 2. The number of thioether (sulfide) groups is 1.